The van der Waals surface area contributed by atoms with Crippen molar-refractivity contribution < 1.29 is 9.53 Å². The van der Waals surface area contributed by atoms with E-state index in [1.54, 1.807) is 7.05 Å². The number of nitrogens with one attached hydrogen (secondary N) is 1. The molecule has 0 aliphatic rings. The van der Waals surface area contributed by atoms with E-state index in [9.17, 15) is 4.79 Å². The van der Waals surface area contributed by atoms with E-state index in [1.807, 2.05) is 32.9 Å². The summed E-state index contributed by atoms with van der Waals surface area (Å²) in [5.41, 5.74) is 0.873. The summed E-state index contributed by atoms with van der Waals surface area (Å²) in [5.74, 6) is -0.364. The van der Waals surface area contributed by atoms with Gasteiger partial charge >= 0.3 is 5.97 Å². The minimum Gasteiger partial charge on any atom is -0.459 e. The molecular formula is C16H25ClN2O2. The smallest absolute Gasteiger partial charge is 0.328 e. The summed E-state index contributed by atoms with van der Waals surface area (Å²) in [6, 6.07) is 3.11. The number of hydrogen-bond acceptors (Lipinski definition) is 4. The fourth-order valence-corrected chi connectivity index (χ4v) is 2.10. The van der Waals surface area contributed by atoms with Crippen LogP contribution in [0.1, 0.15) is 58.8 Å². The molecular weight excluding hydrogens is 288 g/mol. The van der Waals surface area contributed by atoms with Gasteiger partial charge in [-0.25, -0.2) is 9.78 Å². The molecule has 1 heterocycles. The van der Waals surface area contributed by atoms with Crippen molar-refractivity contribution in [2.45, 2.75) is 58.6 Å². The van der Waals surface area contributed by atoms with Crippen LogP contribution in [0.15, 0.2) is 12.1 Å². The fraction of sp³-hybridized carbons (Fsp3) is 0.625. The molecule has 5 heteroatoms. The van der Waals surface area contributed by atoms with Gasteiger partial charge in [-0.2, -0.15) is 0 Å². The highest BCUT2D eigenvalue weighted by molar-refractivity contribution is 6.30. The van der Waals surface area contributed by atoms with E-state index < -0.39 is 11.6 Å². The summed E-state index contributed by atoms with van der Waals surface area (Å²) >= 11 is 6.27. The second kappa shape index (κ2) is 6.32. The third kappa shape index (κ3) is 4.97. The van der Waals surface area contributed by atoms with E-state index in [0.29, 0.717) is 10.7 Å². The highest BCUT2D eigenvalue weighted by atomic mass is 35.5. The molecule has 118 valence electrons. The largest absolute Gasteiger partial charge is 0.459 e. The van der Waals surface area contributed by atoms with Crippen LogP contribution < -0.4 is 5.32 Å². The van der Waals surface area contributed by atoms with E-state index in [4.69, 9.17) is 16.3 Å². The Morgan fingerprint density at radius 1 is 1.24 bits per heavy atom. The normalized spacial score (nSPS) is 13.9. The zero-order valence-corrected chi connectivity index (χ0v) is 14.6. The summed E-state index contributed by atoms with van der Waals surface area (Å²) in [4.78, 5) is 16.7. The predicted octanol–water partition coefficient (Wildman–Crippen LogP) is 3.63. The Labute approximate surface area is 132 Å². The summed E-state index contributed by atoms with van der Waals surface area (Å²) in [7, 11) is 1.70. The van der Waals surface area contributed by atoms with E-state index in [2.05, 4.69) is 31.1 Å². The average Bonchev–Trinajstić information content (AvgIpc) is 2.28. The number of nitrogens with zero attached hydrogens (tertiary/aromatic N) is 1. The fourth-order valence-electron chi connectivity index (χ4n) is 1.84. The van der Waals surface area contributed by atoms with Gasteiger partial charge in [0.05, 0.1) is 0 Å². The van der Waals surface area contributed by atoms with Crippen LogP contribution in [0.3, 0.4) is 0 Å². The van der Waals surface area contributed by atoms with Crippen molar-refractivity contribution in [2.75, 3.05) is 7.05 Å². The maximum Gasteiger partial charge on any atom is 0.328 e. The Bertz CT molecular complexity index is 516. The Balaban J connectivity index is 3.10. The average molecular weight is 313 g/mol. The second-order valence-electron chi connectivity index (χ2n) is 7.08. The molecule has 1 aromatic rings. The van der Waals surface area contributed by atoms with Gasteiger partial charge in [0.1, 0.15) is 16.8 Å². The summed E-state index contributed by atoms with van der Waals surface area (Å²) in [6.45, 7) is 11.7. The Kier molecular flexibility index (Phi) is 5.40. The van der Waals surface area contributed by atoms with Crippen LogP contribution in [0.2, 0.25) is 5.15 Å². The van der Waals surface area contributed by atoms with Crippen molar-refractivity contribution in [1.29, 1.82) is 0 Å². The number of esters is 1. The molecule has 1 rings (SSSR count). The van der Waals surface area contributed by atoms with E-state index in [1.165, 1.54) is 0 Å². The standard InChI is InChI=1S/C16H25ClN2O2/c1-15(2,3)11-9-8-10(13(17)19-11)12(18-7)14(20)21-16(4,5)6/h8-9,12,18H,1-7H3. The lowest BCUT2D eigenvalue weighted by Gasteiger charge is -2.25. The predicted molar refractivity (Wildman–Crippen MR) is 85.6 cm³/mol. The molecule has 0 bridgehead atoms. The summed E-state index contributed by atoms with van der Waals surface area (Å²) in [5, 5.41) is 3.27. The van der Waals surface area contributed by atoms with Gasteiger partial charge < -0.3 is 10.1 Å². The Morgan fingerprint density at radius 2 is 1.81 bits per heavy atom. The van der Waals surface area contributed by atoms with Crippen molar-refractivity contribution in [2.24, 2.45) is 0 Å². The zero-order chi connectivity index (χ0) is 16.4. The van der Waals surface area contributed by atoms with Gasteiger partial charge in [0.15, 0.2) is 0 Å². The number of aromatic nitrogens is 1. The third-order valence-corrected chi connectivity index (χ3v) is 3.19. The molecule has 0 saturated carbocycles. The molecule has 1 unspecified atom stereocenters. The minimum absolute atomic E-state index is 0.0940. The van der Waals surface area contributed by atoms with E-state index in [0.717, 1.165) is 5.69 Å². The number of carbonyl (C=O) groups is 1. The third-order valence-electron chi connectivity index (χ3n) is 2.89. The first-order valence-corrected chi connectivity index (χ1v) is 7.40. The molecule has 0 aliphatic carbocycles. The van der Waals surface area contributed by atoms with Crippen molar-refractivity contribution in [3.63, 3.8) is 0 Å². The van der Waals surface area contributed by atoms with Crippen LogP contribution in [0.5, 0.6) is 0 Å². The topological polar surface area (TPSA) is 51.2 Å². The first-order valence-electron chi connectivity index (χ1n) is 7.03. The van der Waals surface area contributed by atoms with Gasteiger partial charge in [0.25, 0.3) is 0 Å². The van der Waals surface area contributed by atoms with Crippen molar-refractivity contribution in [1.82, 2.24) is 10.3 Å². The number of hydrogen-bond donors (Lipinski definition) is 1. The van der Waals surface area contributed by atoms with Crippen LogP contribution in [0.25, 0.3) is 0 Å². The van der Waals surface area contributed by atoms with Crippen LogP contribution in [0.4, 0.5) is 0 Å². The molecule has 0 aromatic carbocycles. The van der Waals surface area contributed by atoms with Crippen molar-refractivity contribution >= 4 is 17.6 Å². The maximum absolute atomic E-state index is 12.3. The zero-order valence-electron chi connectivity index (χ0n) is 13.9. The minimum atomic E-state index is -0.627. The number of ether oxygens (including phenoxy) is 1. The maximum atomic E-state index is 12.3. The number of rotatable bonds is 3. The van der Waals surface area contributed by atoms with Crippen LogP contribution in [0, 0.1) is 0 Å². The molecule has 0 saturated heterocycles. The second-order valence-corrected chi connectivity index (χ2v) is 7.44. The molecule has 21 heavy (non-hydrogen) atoms. The van der Waals surface area contributed by atoms with Gasteiger partial charge in [-0.05, 0) is 33.9 Å². The van der Waals surface area contributed by atoms with Crippen LogP contribution in [-0.2, 0) is 14.9 Å². The number of pyridine rings is 1. The SMILES string of the molecule is CNC(C(=O)OC(C)(C)C)c1ccc(C(C)(C)C)nc1Cl. The molecule has 1 atom stereocenters. The molecule has 0 radical (unpaired) electrons. The van der Waals surface area contributed by atoms with Gasteiger partial charge in [0, 0.05) is 16.7 Å². The molecule has 1 N–H and O–H groups in total. The molecule has 1 aromatic heterocycles. The van der Waals surface area contributed by atoms with E-state index in [-0.39, 0.29) is 11.4 Å². The van der Waals surface area contributed by atoms with Crippen molar-refractivity contribution in [3.05, 3.63) is 28.5 Å². The highest BCUT2D eigenvalue weighted by Gasteiger charge is 2.28. The number of likely N-dealkylation sites (N-methyl/N-ethyl adjacent to an activating group) is 1. The van der Waals surface area contributed by atoms with Crippen molar-refractivity contribution in [3.8, 4) is 0 Å². The monoisotopic (exact) mass is 312 g/mol. The summed E-state index contributed by atoms with van der Waals surface area (Å²) < 4.78 is 5.41. The van der Waals surface area contributed by atoms with Gasteiger partial charge in [0.2, 0.25) is 0 Å². The molecule has 4 nitrogen and oxygen atoms in total. The van der Waals surface area contributed by atoms with Gasteiger partial charge in [-0.1, -0.05) is 38.4 Å². The van der Waals surface area contributed by atoms with E-state index >= 15 is 0 Å². The molecule has 0 amide bonds. The lowest BCUT2D eigenvalue weighted by atomic mass is 9.91. The number of halogens is 1. The Hall–Kier alpha value is -1.13. The van der Waals surface area contributed by atoms with Crippen LogP contribution in [-0.4, -0.2) is 23.6 Å². The first-order chi connectivity index (χ1) is 9.45. The Morgan fingerprint density at radius 3 is 2.19 bits per heavy atom. The van der Waals surface area contributed by atoms with Crippen LogP contribution >= 0.6 is 11.6 Å². The number of carbonyl (C=O) groups excluding carboxylic acids is 1. The first kappa shape index (κ1) is 17.9. The lowest BCUT2D eigenvalue weighted by molar-refractivity contribution is -0.157. The molecule has 0 fully saturated rings. The molecule has 0 spiro atoms. The van der Waals surface area contributed by atoms with Gasteiger partial charge in [-0.15, -0.1) is 0 Å². The van der Waals surface area contributed by atoms with Gasteiger partial charge in [-0.3, -0.25) is 0 Å². The quantitative estimate of drug-likeness (QED) is 0.684. The summed E-state index contributed by atoms with van der Waals surface area (Å²) in [6.07, 6.45) is 0. The molecule has 0 aliphatic heterocycles. The lowest BCUT2D eigenvalue weighted by Crippen LogP contribution is -2.33. The highest BCUT2D eigenvalue weighted by Crippen LogP contribution is 2.28.